The minimum Gasteiger partial charge on any atom is -0.491 e. The largest absolute Gasteiger partial charge is 0.491 e. The molecule has 1 fully saturated rings. The van der Waals surface area contributed by atoms with Crippen molar-refractivity contribution < 1.29 is 23.8 Å². The third-order valence-corrected chi connectivity index (χ3v) is 4.54. The monoisotopic (exact) mass is 368 g/mol. The molecule has 1 heterocycles. The van der Waals surface area contributed by atoms with Crippen molar-refractivity contribution in [2.75, 3.05) is 13.2 Å². The van der Waals surface area contributed by atoms with Crippen LogP contribution in [0.1, 0.15) is 46.0 Å². The lowest BCUT2D eigenvalue weighted by Gasteiger charge is -2.13. The van der Waals surface area contributed by atoms with E-state index in [4.69, 9.17) is 14.2 Å². The fourth-order valence-electron chi connectivity index (χ4n) is 2.89. The van der Waals surface area contributed by atoms with Gasteiger partial charge in [0.15, 0.2) is 6.10 Å². The SMILES string of the molecule is Cc1ccc(C(=O)[C@H](C)OC(=O)c2ccc(OC[C@H]3CCCO3)cc2)cc1. The minimum absolute atomic E-state index is 0.142. The number of esters is 1. The molecule has 2 aromatic carbocycles. The maximum absolute atomic E-state index is 12.4. The average Bonchev–Trinajstić information content (AvgIpc) is 3.20. The van der Waals surface area contributed by atoms with Crippen molar-refractivity contribution in [2.24, 2.45) is 0 Å². The van der Waals surface area contributed by atoms with E-state index >= 15 is 0 Å². The quantitative estimate of drug-likeness (QED) is 0.546. The van der Waals surface area contributed by atoms with Crippen LogP contribution in [-0.2, 0) is 9.47 Å². The number of aryl methyl sites for hydroxylation is 1. The number of benzene rings is 2. The van der Waals surface area contributed by atoms with Crippen LogP contribution in [-0.4, -0.2) is 37.2 Å². The first-order valence-corrected chi connectivity index (χ1v) is 9.19. The summed E-state index contributed by atoms with van der Waals surface area (Å²) in [5.74, 6) is -0.0839. The fourth-order valence-corrected chi connectivity index (χ4v) is 2.89. The molecule has 3 rings (SSSR count). The standard InChI is InChI=1S/C22H24O5/c1-15-5-7-17(8-6-15)21(23)16(2)27-22(24)18-9-11-19(12-10-18)26-14-20-4-3-13-25-20/h5-12,16,20H,3-4,13-14H2,1-2H3/t16-,20+/m0/s1. The molecule has 0 radical (unpaired) electrons. The zero-order chi connectivity index (χ0) is 19.2. The smallest absolute Gasteiger partial charge is 0.338 e. The van der Waals surface area contributed by atoms with Crippen molar-refractivity contribution in [1.29, 1.82) is 0 Å². The van der Waals surface area contributed by atoms with E-state index < -0.39 is 12.1 Å². The van der Waals surface area contributed by atoms with Gasteiger partial charge in [-0.05, 0) is 51.0 Å². The molecule has 1 aliphatic heterocycles. The van der Waals surface area contributed by atoms with Gasteiger partial charge in [0.2, 0.25) is 5.78 Å². The van der Waals surface area contributed by atoms with Crippen LogP contribution in [0.3, 0.4) is 0 Å². The number of ether oxygens (including phenoxy) is 3. The molecular weight excluding hydrogens is 344 g/mol. The maximum atomic E-state index is 12.4. The van der Waals surface area contributed by atoms with Crippen molar-refractivity contribution in [1.82, 2.24) is 0 Å². The van der Waals surface area contributed by atoms with E-state index in [1.807, 2.05) is 19.1 Å². The summed E-state index contributed by atoms with van der Waals surface area (Å²) >= 11 is 0. The number of carbonyl (C=O) groups excluding carboxylic acids is 2. The Morgan fingerprint density at radius 2 is 1.74 bits per heavy atom. The molecule has 5 heteroatoms. The summed E-state index contributed by atoms with van der Waals surface area (Å²) in [5, 5.41) is 0. The lowest BCUT2D eigenvalue weighted by atomic mass is 10.1. The van der Waals surface area contributed by atoms with E-state index in [9.17, 15) is 9.59 Å². The Kier molecular flexibility index (Phi) is 6.24. The normalized spacial score (nSPS) is 17.3. The first-order chi connectivity index (χ1) is 13.0. The predicted molar refractivity (Wildman–Crippen MR) is 101 cm³/mol. The summed E-state index contributed by atoms with van der Waals surface area (Å²) in [6.07, 6.45) is 1.37. The predicted octanol–water partition coefficient (Wildman–Crippen LogP) is 3.98. The molecule has 142 valence electrons. The first kappa shape index (κ1) is 19.1. The summed E-state index contributed by atoms with van der Waals surface area (Å²) in [7, 11) is 0. The van der Waals surface area contributed by atoms with E-state index in [0.717, 1.165) is 25.0 Å². The van der Waals surface area contributed by atoms with E-state index in [1.54, 1.807) is 43.3 Å². The highest BCUT2D eigenvalue weighted by molar-refractivity contribution is 6.01. The summed E-state index contributed by atoms with van der Waals surface area (Å²) in [5.41, 5.74) is 1.97. The Hall–Kier alpha value is -2.66. The molecule has 1 aliphatic rings. The number of carbonyl (C=O) groups is 2. The van der Waals surface area contributed by atoms with Crippen LogP contribution in [0.2, 0.25) is 0 Å². The number of hydrogen-bond acceptors (Lipinski definition) is 5. The zero-order valence-corrected chi connectivity index (χ0v) is 15.6. The molecule has 0 spiro atoms. The Bertz CT molecular complexity index is 773. The first-order valence-electron chi connectivity index (χ1n) is 9.19. The van der Waals surface area contributed by atoms with Crippen molar-refractivity contribution in [3.63, 3.8) is 0 Å². The molecule has 0 N–H and O–H groups in total. The van der Waals surface area contributed by atoms with E-state index in [2.05, 4.69) is 0 Å². The molecule has 5 nitrogen and oxygen atoms in total. The topological polar surface area (TPSA) is 61.8 Å². The number of hydrogen-bond donors (Lipinski definition) is 0. The molecule has 0 unspecified atom stereocenters. The van der Waals surface area contributed by atoms with Crippen molar-refractivity contribution in [3.8, 4) is 5.75 Å². The Labute approximate surface area is 159 Å². The third kappa shape index (κ3) is 5.17. The molecule has 2 aromatic rings. The van der Waals surface area contributed by atoms with Gasteiger partial charge in [0.05, 0.1) is 11.7 Å². The second-order valence-electron chi connectivity index (χ2n) is 6.75. The molecule has 27 heavy (non-hydrogen) atoms. The van der Waals surface area contributed by atoms with Gasteiger partial charge in [0.1, 0.15) is 12.4 Å². The van der Waals surface area contributed by atoms with Gasteiger partial charge in [-0.1, -0.05) is 29.8 Å². The average molecular weight is 368 g/mol. The Morgan fingerprint density at radius 3 is 2.37 bits per heavy atom. The summed E-state index contributed by atoms with van der Waals surface area (Å²) in [6, 6.07) is 13.9. The molecule has 2 atom stereocenters. The lowest BCUT2D eigenvalue weighted by molar-refractivity contribution is 0.0318. The molecule has 0 aliphatic carbocycles. The van der Waals surface area contributed by atoms with Gasteiger partial charge >= 0.3 is 5.97 Å². The van der Waals surface area contributed by atoms with Crippen molar-refractivity contribution in [3.05, 3.63) is 65.2 Å². The maximum Gasteiger partial charge on any atom is 0.338 e. The number of ketones is 1. The lowest BCUT2D eigenvalue weighted by Crippen LogP contribution is -2.24. The Balaban J connectivity index is 1.53. The van der Waals surface area contributed by atoms with E-state index in [0.29, 0.717) is 23.5 Å². The van der Waals surface area contributed by atoms with Crippen LogP contribution in [0.4, 0.5) is 0 Å². The molecular formula is C22H24O5. The van der Waals surface area contributed by atoms with Gasteiger partial charge in [-0.25, -0.2) is 4.79 Å². The van der Waals surface area contributed by atoms with Crippen LogP contribution >= 0.6 is 0 Å². The highest BCUT2D eigenvalue weighted by Crippen LogP contribution is 2.18. The molecule has 0 bridgehead atoms. The number of rotatable bonds is 7. The van der Waals surface area contributed by atoms with Gasteiger partial charge in [0.25, 0.3) is 0 Å². The third-order valence-electron chi connectivity index (χ3n) is 4.54. The highest BCUT2D eigenvalue weighted by Gasteiger charge is 2.20. The second-order valence-corrected chi connectivity index (χ2v) is 6.75. The van der Waals surface area contributed by atoms with Crippen molar-refractivity contribution in [2.45, 2.75) is 38.9 Å². The van der Waals surface area contributed by atoms with Crippen LogP contribution in [0.15, 0.2) is 48.5 Å². The van der Waals surface area contributed by atoms with Gasteiger partial charge < -0.3 is 14.2 Å². The van der Waals surface area contributed by atoms with Crippen molar-refractivity contribution >= 4 is 11.8 Å². The van der Waals surface area contributed by atoms with Gasteiger partial charge in [0, 0.05) is 12.2 Å². The second kappa shape index (κ2) is 8.82. The van der Waals surface area contributed by atoms with Crippen LogP contribution in [0, 0.1) is 6.92 Å². The van der Waals surface area contributed by atoms with Crippen LogP contribution in [0.5, 0.6) is 5.75 Å². The van der Waals surface area contributed by atoms with Gasteiger partial charge in [-0.2, -0.15) is 0 Å². The van der Waals surface area contributed by atoms with Gasteiger partial charge in [-0.15, -0.1) is 0 Å². The molecule has 0 amide bonds. The van der Waals surface area contributed by atoms with Crippen LogP contribution < -0.4 is 4.74 Å². The van der Waals surface area contributed by atoms with Crippen LogP contribution in [0.25, 0.3) is 0 Å². The van der Waals surface area contributed by atoms with Gasteiger partial charge in [-0.3, -0.25) is 4.79 Å². The molecule has 1 saturated heterocycles. The number of Topliss-reactive ketones (excluding diaryl/α,β-unsaturated/α-hetero) is 1. The summed E-state index contributed by atoms with van der Waals surface area (Å²) < 4.78 is 16.5. The van der Waals surface area contributed by atoms with E-state index in [1.165, 1.54) is 0 Å². The summed E-state index contributed by atoms with van der Waals surface area (Å²) in [6.45, 7) is 4.83. The Morgan fingerprint density at radius 1 is 1.07 bits per heavy atom. The zero-order valence-electron chi connectivity index (χ0n) is 15.6. The minimum atomic E-state index is -0.851. The fraction of sp³-hybridized carbons (Fsp3) is 0.364. The summed E-state index contributed by atoms with van der Waals surface area (Å²) in [4.78, 5) is 24.7. The highest BCUT2D eigenvalue weighted by atomic mass is 16.5. The molecule has 0 saturated carbocycles. The van der Waals surface area contributed by atoms with E-state index in [-0.39, 0.29) is 11.9 Å². The molecule has 0 aromatic heterocycles.